The highest BCUT2D eigenvalue weighted by molar-refractivity contribution is 5.89. The van der Waals surface area contributed by atoms with E-state index in [9.17, 15) is 14.4 Å². The molecule has 0 bridgehead atoms. The number of rotatable bonds is 8. The topological polar surface area (TPSA) is 96.5 Å². The lowest BCUT2D eigenvalue weighted by Crippen LogP contribution is -2.51. The predicted octanol–water partition coefficient (Wildman–Crippen LogP) is 1.33. The van der Waals surface area contributed by atoms with Crippen LogP contribution in [0.5, 0.6) is 0 Å². The average molecular weight is 347 g/mol. The SMILES string of the molecule is CC(C)[C@H](NC(=O)OCc1ccccc1)C(=O)NCC(=O)NC1CC1. The average Bonchev–Trinajstić information content (AvgIpc) is 3.40. The Morgan fingerprint density at radius 3 is 2.44 bits per heavy atom. The van der Waals surface area contributed by atoms with Gasteiger partial charge in [0, 0.05) is 6.04 Å². The van der Waals surface area contributed by atoms with E-state index in [2.05, 4.69) is 16.0 Å². The second kappa shape index (κ2) is 9.05. The van der Waals surface area contributed by atoms with Crippen molar-refractivity contribution in [1.29, 1.82) is 0 Å². The molecule has 1 fully saturated rings. The van der Waals surface area contributed by atoms with Crippen LogP contribution in [0.1, 0.15) is 32.3 Å². The van der Waals surface area contributed by atoms with Crippen LogP contribution in [0.3, 0.4) is 0 Å². The van der Waals surface area contributed by atoms with Gasteiger partial charge in [-0.25, -0.2) is 4.79 Å². The second-order valence-corrected chi connectivity index (χ2v) is 6.49. The van der Waals surface area contributed by atoms with Crippen molar-refractivity contribution in [2.24, 2.45) is 5.92 Å². The minimum atomic E-state index is -0.767. The van der Waals surface area contributed by atoms with Gasteiger partial charge in [-0.05, 0) is 24.3 Å². The summed E-state index contributed by atoms with van der Waals surface area (Å²) in [4.78, 5) is 35.8. The van der Waals surface area contributed by atoms with Crippen LogP contribution in [-0.2, 0) is 20.9 Å². The molecular formula is C18H25N3O4. The lowest BCUT2D eigenvalue weighted by molar-refractivity contribution is -0.128. The molecule has 1 aromatic rings. The van der Waals surface area contributed by atoms with Crippen molar-refractivity contribution in [3.63, 3.8) is 0 Å². The first kappa shape index (κ1) is 18.8. The molecule has 25 heavy (non-hydrogen) atoms. The fourth-order valence-electron chi connectivity index (χ4n) is 2.21. The number of carbonyl (C=O) groups excluding carboxylic acids is 3. The Morgan fingerprint density at radius 2 is 1.84 bits per heavy atom. The van der Waals surface area contributed by atoms with Gasteiger partial charge in [0.2, 0.25) is 11.8 Å². The Bertz CT molecular complexity index is 600. The maximum absolute atomic E-state index is 12.2. The van der Waals surface area contributed by atoms with Crippen LogP contribution < -0.4 is 16.0 Å². The van der Waals surface area contributed by atoms with Crippen LogP contribution in [0, 0.1) is 5.92 Å². The van der Waals surface area contributed by atoms with Gasteiger partial charge in [-0.2, -0.15) is 0 Å². The maximum atomic E-state index is 12.2. The number of ether oxygens (including phenoxy) is 1. The molecule has 136 valence electrons. The van der Waals surface area contributed by atoms with Gasteiger partial charge in [0.05, 0.1) is 6.54 Å². The van der Waals surface area contributed by atoms with E-state index in [0.29, 0.717) is 0 Å². The molecule has 1 aliphatic rings. The second-order valence-electron chi connectivity index (χ2n) is 6.49. The van der Waals surface area contributed by atoms with Crippen molar-refractivity contribution in [2.45, 2.75) is 45.4 Å². The van der Waals surface area contributed by atoms with Crippen LogP contribution in [0.25, 0.3) is 0 Å². The van der Waals surface area contributed by atoms with E-state index in [4.69, 9.17) is 4.74 Å². The molecular weight excluding hydrogens is 322 g/mol. The largest absolute Gasteiger partial charge is 0.445 e. The molecule has 0 saturated heterocycles. The van der Waals surface area contributed by atoms with Crippen molar-refractivity contribution >= 4 is 17.9 Å². The molecule has 7 nitrogen and oxygen atoms in total. The van der Waals surface area contributed by atoms with Crippen molar-refractivity contribution < 1.29 is 19.1 Å². The fourth-order valence-corrected chi connectivity index (χ4v) is 2.21. The molecule has 0 aliphatic heterocycles. The molecule has 0 aromatic heterocycles. The van der Waals surface area contributed by atoms with Crippen LogP contribution in [0.15, 0.2) is 30.3 Å². The van der Waals surface area contributed by atoms with Gasteiger partial charge >= 0.3 is 6.09 Å². The molecule has 3 N–H and O–H groups in total. The van der Waals surface area contributed by atoms with Gasteiger partial charge < -0.3 is 20.7 Å². The van der Waals surface area contributed by atoms with Crippen LogP contribution in [0.4, 0.5) is 4.79 Å². The van der Waals surface area contributed by atoms with E-state index in [0.717, 1.165) is 18.4 Å². The van der Waals surface area contributed by atoms with Gasteiger partial charge in [-0.1, -0.05) is 44.2 Å². The van der Waals surface area contributed by atoms with Crippen LogP contribution >= 0.6 is 0 Å². The van der Waals surface area contributed by atoms with Crippen molar-refractivity contribution in [3.8, 4) is 0 Å². The molecule has 0 radical (unpaired) electrons. The molecule has 1 saturated carbocycles. The highest BCUT2D eigenvalue weighted by atomic mass is 16.5. The minimum absolute atomic E-state index is 0.0979. The van der Waals surface area contributed by atoms with Crippen molar-refractivity contribution in [2.75, 3.05) is 6.54 Å². The van der Waals surface area contributed by atoms with Crippen molar-refractivity contribution in [3.05, 3.63) is 35.9 Å². The van der Waals surface area contributed by atoms with Crippen molar-refractivity contribution in [1.82, 2.24) is 16.0 Å². The molecule has 0 heterocycles. The summed E-state index contributed by atoms with van der Waals surface area (Å²) in [5, 5.41) is 7.90. The number of hydrogen-bond acceptors (Lipinski definition) is 4. The Labute approximate surface area is 147 Å². The Morgan fingerprint density at radius 1 is 1.16 bits per heavy atom. The third-order valence-electron chi connectivity index (χ3n) is 3.80. The van der Waals surface area contributed by atoms with Gasteiger partial charge in [0.25, 0.3) is 0 Å². The maximum Gasteiger partial charge on any atom is 0.408 e. The standard InChI is InChI=1S/C18H25N3O4/c1-12(2)16(17(23)19-10-15(22)20-14-8-9-14)21-18(24)25-11-13-6-4-3-5-7-13/h3-7,12,14,16H,8-11H2,1-2H3,(H,19,23)(H,20,22)(H,21,24)/t16-/m0/s1. The number of amides is 3. The highest BCUT2D eigenvalue weighted by Gasteiger charge is 2.26. The number of nitrogens with one attached hydrogen (secondary N) is 3. The Kier molecular flexibility index (Phi) is 6.80. The van der Waals surface area contributed by atoms with Gasteiger partial charge in [-0.3, -0.25) is 9.59 Å². The van der Waals surface area contributed by atoms with Gasteiger partial charge in [0.1, 0.15) is 12.6 Å². The van der Waals surface area contributed by atoms with E-state index in [1.807, 2.05) is 44.2 Å². The highest BCUT2D eigenvalue weighted by Crippen LogP contribution is 2.18. The predicted molar refractivity (Wildman–Crippen MR) is 92.6 cm³/mol. The summed E-state index contributed by atoms with van der Waals surface area (Å²) in [6.07, 6.45) is 1.31. The first-order valence-electron chi connectivity index (χ1n) is 8.50. The monoisotopic (exact) mass is 347 g/mol. The molecule has 1 aromatic carbocycles. The van der Waals surface area contributed by atoms with E-state index in [1.165, 1.54) is 0 Å². The summed E-state index contributed by atoms with van der Waals surface area (Å²) in [7, 11) is 0. The molecule has 1 atom stereocenters. The van der Waals surface area contributed by atoms with Gasteiger partial charge in [-0.15, -0.1) is 0 Å². The number of benzene rings is 1. The third kappa shape index (κ3) is 6.82. The summed E-state index contributed by atoms with van der Waals surface area (Å²) in [5.41, 5.74) is 0.861. The molecule has 0 unspecified atom stereocenters. The van der Waals surface area contributed by atoms with E-state index < -0.39 is 18.0 Å². The third-order valence-corrected chi connectivity index (χ3v) is 3.80. The summed E-state index contributed by atoms with van der Waals surface area (Å²) >= 11 is 0. The van der Waals surface area contributed by atoms with E-state index in [-0.39, 0.29) is 31.0 Å². The summed E-state index contributed by atoms with van der Waals surface area (Å²) in [5.74, 6) is -0.765. The van der Waals surface area contributed by atoms with Crippen LogP contribution in [0.2, 0.25) is 0 Å². The first-order valence-corrected chi connectivity index (χ1v) is 8.50. The van der Waals surface area contributed by atoms with E-state index >= 15 is 0 Å². The lowest BCUT2D eigenvalue weighted by atomic mass is 10.0. The Hall–Kier alpha value is -2.57. The molecule has 7 heteroatoms. The van der Waals surface area contributed by atoms with Crippen LogP contribution in [-0.4, -0.2) is 36.5 Å². The Balaban J connectivity index is 1.76. The summed E-state index contributed by atoms with van der Waals surface area (Å²) in [6.45, 7) is 3.65. The molecule has 1 aliphatic carbocycles. The normalized spacial score (nSPS) is 14.5. The number of alkyl carbamates (subject to hydrolysis) is 1. The molecule has 3 amide bonds. The number of hydrogen-bond donors (Lipinski definition) is 3. The fraction of sp³-hybridized carbons (Fsp3) is 0.500. The lowest BCUT2D eigenvalue weighted by Gasteiger charge is -2.21. The summed E-state index contributed by atoms with van der Waals surface area (Å²) < 4.78 is 5.14. The van der Waals surface area contributed by atoms with Gasteiger partial charge in [0.15, 0.2) is 0 Å². The quantitative estimate of drug-likeness (QED) is 0.661. The minimum Gasteiger partial charge on any atom is -0.445 e. The smallest absolute Gasteiger partial charge is 0.408 e. The first-order chi connectivity index (χ1) is 12.0. The number of carbonyl (C=O) groups is 3. The zero-order valence-corrected chi connectivity index (χ0v) is 14.6. The van der Waals surface area contributed by atoms with E-state index in [1.54, 1.807) is 0 Å². The molecule has 2 rings (SSSR count). The molecule has 0 spiro atoms. The summed E-state index contributed by atoms with van der Waals surface area (Å²) in [6, 6.07) is 8.76. The zero-order chi connectivity index (χ0) is 18.2. The zero-order valence-electron chi connectivity index (χ0n) is 14.6.